The third-order valence-electron chi connectivity index (χ3n) is 4.68. The van der Waals surface area contributed by atoms with Crippen LogP contribution in [-0.4, -0.2) is 54.1 Å². The smallest absolute Gasteiger partial charge is 0.191 e. The van der Waals surface area contributed by atoms with Crippen LogP contribution in [-0.2, 0) is 6.42 Å². The molecule has 0 amide bonds. The number of guanidine groups is 1. The van der Waals surface area contributed by atoms with E-state index in [0.29, 0.717) is 5.15 Å². The molecule has 0 aliphatic carbocycles. The fourth-order valence-corrected chi connectivity index (χ4v) is 3.20. The highest BCUT2D eigenvalue weighted by molar-refractivity contribution is 6.29. The van der Waals surface area contributed by atoms with Crippen molar-refractivity contribution in [2.24, 2.45) is 4.99 Å². The van der Waals surface area contributed by atoms with Crippen LogP contribution in [0.3, 0.4) is 0 Å². The molecule has 2 N–H and O–H groups in total. The van der Waals surface area contributed by atoms with Gasteiger partial charge in [-0.2, -0.15) is 0 Å². The van der Waals surface area contributed by atoms with Gasteiger partial charge in [0.15, 0.2) is 5.96 Å². The molecule has 5 nitrogen and oxygen atoms in total. The molecule has 1 aromatic heterocycles. The van der Waals surface area contributed by atoms with Crippen molar-refractivity contribution in [3.8, 4) is 0 Å². The van der Waals surface area contributed by atoms with Crippen molar-refractivity contribution in [1.29, 1.82) is 0 Å². The topological polar surface area (TPSA) is 52.6 Å². The van der Waals surface area contributed by atoms with Crippen LogP contribution in [0.15, 0.2) is 23.3 Å². The molecule has 0 bridgehead atoms. The van der Waals surface area contributed by atoms with Crippen LogP contribution in [0.1, 0.15) is 45.6 Å². The van der Waals surface area contributed by atoms with Gasteiger partial charge in [0.05, 0.1) is 6.54 Å². The quantitative estimate of drug-likeness (QED) is 0.443. The average Bonchev–Trinajstić information content (AvgIpc) is 2.62. The number of halogens is 1. The van der Waals surface area contributed by atoms with Crippen LogP contribution >= 0.6 is 11.6 Å². The number of nitrogens with zero attached hydrogens (tertiary/aromatic N) is 3. The van der Waals surface area contributed by atoms with Gasteiger partial charge in [-0.25, -0.2) is 4.98 Å². The number of aliphatic imine (C=N–C) groups is 1. The summed E-state index contributed by atoms with van der Waals surface area (Å²) in [6.07, 6.45) is 6.69. The standard InChI is InChI=1S/C19H32ClN5/c1-4-21-18(22-11-10-16-8-9-17(20)23-14-16)24-15-19(2,3)25-12-6-5-7-13-25/h8-9,14H,4-7,10-13,15H2,1-3H3,(H2,21,22,24). The van der Waals surface area contributed by atoms with E-state index in [1.165, 1.54) is 37.9 Å². The molecule has 25 heavy (non-hydrogen) atoms. The third kappa shape index (κ3) is 6.83. The zero-order chi connectivity index (χ0) is 18.1. The highest BCUT2D eigenvalue weighted by Gasteiger charge is 2.27. The van der Waals surface area contributed by atoms with Gasteiger partial charge in [-0.1, -0.05) is 24.1 Å². The Hall–Kier alpha value is -1.33. The molecule has 2 rings (SSSR count). The summed E-state index contributed by atoms with van der Waals surface area (Å²) in [5.74, 6) is 0.884. The van der Waals surface area contributed by atoms with Gasteiger partial charge in [0.25, 0.3) is 0 Å². The summed E-state index contributed by atoms with van der Waals surface area (Å²) in [6, 6.07) is 3.85. The number of hydrogen-bond acceptors (Lipinski definition) is 3. The number of likely N-dealkylation sites (tertiary alicyclic amines) is 1. The van der Waals surface area contributed by atoms with E-state index in [1.54, 1.807) is 0 Å². The average molecular weight is 366 g/mol. The van der Waals surface area contributed by atoms with Crippen molar-refractivity contribution in [3.05, 3.63) is 29.0 Å². The van der Waals surface area contributed by atoms with Gasteiger partial charge in [-0.05, 0) is 64.8 Å². The number of pyridine rings is 1. The second-order valence-electron chi connectivity index (χ2n) is 7.22. The molecule has 0 aromatic carbocycles. The summed E-state index contributed by atoms with van der Waals surface area (Å²) in [5, 5.41) is 7.29. The highest BCUT2D eigenvalue weighted by Crippen LogP contribution is 2.20. The minimum atomic E-state index is 0.100. The van der Waals surface area contributed by atoms with Gasteiger partial charge >= 0.3 is 0 Å². The second-order valence-corrected chi connectivity index (χ2v) is 7.61. The number of nitrogens with one attached hydrogen (secondary N) is 2. The van der Waals surface area contributed by atoms with E-state index in [9.17, 15) is 0 Å². The largest absolute Gasteiger partial charge is 0.357 e. The van der Waals surface area contributed by atoms with Crippen LogP contribution in [0.4, 0.5) is 0 Å². The molecule has 1 aliphatic heterocycles. The summed E-state index contributed by atoms with van der Waals surface area (Å²) >= 11 is 5.83. The molecule has 0 unspecified atom stereocenters. The number of aromatic nitrogens is 1. The third-order valence-corrected chi connectivity index (χ3v) is 4.90. The van der Waals surface area contributed by atoms with E-state index in [2.05, 4.69) is 41.3 Å². The second kappa shape index (κ2) is 9.97. The number of hydrogen-bond donors (Lipinski definition) is 2. The predicted octanol–water partition coefficient (Wildman–Crippen LogP) is 3.10. The molecule has 0 atom stereocenters. The SMILES string of the molecule is CCNC(=NCC(C)(C)N1CCCCC1)NCCc1ccc(Cl)nc1. The zero-order valence-electron chi connectivity index (χ0n) is 15.8. The van der Waals surface area contributed by atoms with E-state index in [0.717, 1.165) is 32.0 Å². The Morgan fingerprint density at radius 1 is 1.24 bits per heavy atom. The van der Waals surface area contributed by atoms with Crippen LogP contribution in [0, 0.1) is 0 Å². The molecular formula is C19H32ClN5. The molecule has 1 aliphatic rings. The first-order valence-corrected chi connectivity index (χ1v) is 9.77. The maximum atomic E-state index is 5.83. The lowest BCUT2D eigenvalue weighted by molar-refractivity contribution is 0.102. The van der Waals surface area contributed by atoms with Gasteiger partial charge in [0.2, 0.25) is 0 Å². The number of piperidine rings is 1. The monoisotopic (exact) mass is 365 g/mol. The van der Waals surface area contributed by atoms with Crippen molar-refractivity contribution in [2.45, 2.75) is 52.0 Å². The summed E-state index contributed by atoms with van der Waals surface area (Å²) in [7, 11) is 0. The first kappa shape index (κ1) is 20.0. The van der Waals surface area contributed by atoms with Crippen LogP contribution in [0.2, 0.25) is 5.15 Å². The van der Waals surface area contributed by atoms with Crippen molar-refractivity contribution >= 4 is 17.6 Å². The Morgan fingerprint density at radius 3 is 2.64 bits per heavy atom. The molecule has 6 heteroatoms. The van der Waals surface area contributed by atoms with E-state index in [-0.39, 0.29) is 5.54 Å². The van der Waals surface area contributed by atoms with Gasteiger partial charge in [0.1, 0.15) is 5.15 Å². The molecule has 1 saturated heterocycles. The van der Waals surface area contributed by atoms with Crippen molar-refractivity contribution in [3.63, 3.8) is 0 Å². The van der Waals surface area contributed by atoms with E-state index < -0.39 is 0 Å². The van der Waals surface area contributed by atoms with Crippen molar-refractivity contribution in [2.75, 3.05) is 32.7 Å². The Balaban J connectivity index is 1.85. The van der Waals surface area contributed by atoms with Crippen LogP contribution < -0.4 is 10.6 Å². The fourth-order valence-electron chi connectivity index (χ4n) is 3.09. The Labute approximate surface area is 157 Å². The molecule has 140 valence electrons. The lowest BCUT2D eigenvalue weighted by Gasteiger charge is -2.40. The zero-order valence-corrected chi connectivity index (χ0v) is 16.6. The van der Waals surface area contributed by atoms with Gasteiger partial charge in [-0.15, -0.1) is 0 Å². The van der Waals surface area contributed by atoms with Gasteiger partial charge in [0, 0.05) is 24.8 Å². The minimum absolute atomic E-state index is 0.100. The normalized spacial score (nSPS) is 16.7. The number of rotatable bonds is 7. The van der Waals surface area contributed by atoms with Crippen LogP contribution in [0.25, 0.3) is 0 Å². The molecule has 1 aromatic rings. The summed E-state index contributed by atoms with van der Waals surface area (Å²) in [4.78, 5) is 11.5. The lowest BCUT2D eigenvalue weighted by atomic mass is 9.99. The first-order valence-electron chi connectivity index (χ1n) is 9.39. The molecule has 0 radical (unpaired) electrons. The Bertz CT molecular complexity index is 535. The highest BCUT2D eigenvalue weighted by atomic mass is 35.5. The van der Waals surface area contributed by atoms with E-state index >= 15 is 0 Å². The van der Waals surface area contributed by atoms with Gasteiger partial charge in [-0.3, -0.25) is 9.89 Å². The lowest BCUT2D eigenvalue weighted by Crippen LogP contribution is -2.49. The minimum Gasteiger partial charge on any atom is -0.357 e. The molecule has 1 fully saturated rings. The molecular weight excluding hydrogens is 334 g/mol. The van der Waals surface area contributed by atoms with Gasteiger partial charge < -0.3 is 10.6 Å². The predicted molar refractivity (Wildman–Crippen MR) is 106 cm³/mol. The van der Waals surface area contributed by atoms with Crippen molar-refractivity contribution in [1.82, 2.24) is 20.5 Å². The Morgan fingerprint density at radius 2 is 2.00 bits per heavy atom. The van der Waals surface area contributed by atoms with E-state index in [1.807, 2.05) is 18.3 Å². The first-order chi connectivity index (χ1) is 12.0. The van der Waals surface area contributed by atoms with Crippen LogP contribution in [0.5, 0.6) is 0 Å². The maximum Gasteiger partial charge on any atom is 0.191 e. The fraction of sp³-hybridized carbons (Fsp3) is 0.684. The Kier molecular flexibility index (Phi) is 7.97. The summed E-state index contributed by atoms with van der Waals surface area (Å²) in [6.45, 7) is 11.5. The molecule has 0 spiro atoms. The van der Waals surface area contributed by atoms with E-state index in [4.69, 9.17) is 16.6 Å². The molecule has 0 saturated carbocycles. The summed E-state index contributed by atoms with van der Waals surface area (Å²) in [5.41, 5.74) is 1.27. The summed E-state index contributed by atoms with van der Waals surface area (Å²) < 4.78 is 0. The van der Waals surface area contributed by atoms with Crippen molar-refractivity contribution < 1.29 is 0 Å². The molecule has 2 heterocycles. The maximum absolute atomic E-state index is 5.83.